The third-order valence-corrected chi connectivity index (χ3v) is 3.61. The number of likely N-dealkylation sites (tertiary alicyclic amines) is 1. The summed E-state index contributed by atoms with van der Waals surface area (Å²) in [5, 5.41) is 6.14. The lowest BCUT2D eigenvalue weighted by molar-refractivity contribution is -0.120. The standard InChI is InChI=1S/C14H29N3O2/c1-12(2)17-7-5-13(11-17)9-15-10-14(18)16-6-4-8-19-3/h12-13,15H,4-11H2,1-3H3,(H,16,18). The fourth-order valence-corrected chi connectivity index (χ4v) is 2.39. The Bertz CT molecular complexity index is 259. The molecule has 0 bridgehead atoms. The Hall–Kier alpha value is -0.650. The third kappa shape index (κ3) is 6.89. The molecule has 1 heterocycles. The minimum absolute atomic E-state index is 0.0785. The second-order valence-electron chi connectivity index (χ2n) is 5.57. The number of hydrogen-bond acceptors (Lipinski definition) is 4. The van der Waals surface area contributed by atoms with Crippen molar-refractivity contribution in [2.75, 3.05) is 46.4 Å². The minimum atomic E-state index is 0.0785. The molecule has 0 aromatic rings. The molecule has 0 aromatic heterocycles. The number of carbonyl (C=O) groups is 1. The van der Waals surface area contributed by atoms with E-state index in [-0.39, 0.29) is 5.91 Å². The van der Waals surface area contributed by atoms with Gasteiger partial charge in [0.2, 0.25) is 5.91 Å². The summed E-state index contributed by atoms with van der Waals surface area (Å²) in [7, 11) is 1.67. The van der Waals surface area contributed by atoms with Crippen molar-refractivity contribution in [3.8, 4) is 0 Å². The molecule has 0 aliphatic carbocycles. The maximum Gasteiger partial charge on any atom is 0.233 e. The second kappa shape index (κ2) is 9.28. The maximum atomic E-state index is 11.5. The van der Waals surface area contributed by atoms with Crippen molar-refractivity contribution in [2.24, 2.45) is 5.92 Å². The van der Waals surface area contributed by atoms with Crippen molar-refractivity contribution >= 4 is 5.91 Å². The van der Waals surface area contributed by atoms with Gasteiger partial charge in [-0.05, 0) is 45.7 Å². The molecular formula is C14H29N3O2. The van der Waals surface area contributed by atoms with Gasteiger partial charge in [0, 0.05) is 32.8 Å². The van der Waals surface area contributed by atoms with E-state index in [4.69, 9.17) is 4.74 Å². The van der Waals surface area contributed by atoms with Crippen molar-refractivity contribution in [3.05, 3.63) is 0 Å². The third-order valence-electron chi connectivity index (χ3n) is 3.61. The SMILES string of the molecule is COCCCNC(=O)CNCC1CCN(C(C)C)C1. The fraction of sp³-hybridized carbons (Fsp3) is 0.929. The van der Waals surface area contributed by atoms with Crippen molar-refractivity contribution in [1.29, 1.82) is 0 Å². The van der Waals surface area contributed by atoms with Crippen LogP contribution in [0.3, 0.4) is 0 Å². The van der Waals surface area contributed by atoms with Crippen LogP contribution in [0.15, 0.2) is 0 Å². The van der Waals surface area contributed by atoms with Crippen LogP contribution in [0.1, 0.15) is 26.7 Å². The van der Waals surface area contributed by atoms with Gasteiger partial charge in [0.05, 0.1) is 6.54 Å². The molecule has 112 valence electrons. The van der Waals surface area contributed by atoms with Crippen LogP contribution in [0.2, 0.25) is 0 Å². The highest BCUT2D eigenvalue weighted by atomic mass is 16.5. The number of amides is 1. The quantitative estimate of drug-likeness (QED) is 0.598. The van der Waals surface area contributed by atoms with Crippen LogP contribution in [0.5, 0.6) is 0 Å². The van der Waals surface area contributed by atoms with E-state index < -0.39 is 0 Å². The van der Waals surface area contributed by atoms with Crippen LogP contribution in [-0.2, 0) is 9.53 Å². The van der Waals surface area contributed by atoms with Crippen molar-refractivity contribution in [2.45, 2.75) is 32.7 Å². The molecule has 1 unspecified atom stereocenters. The average molecular weight is 271 g/mol. The molecule has 0 aromatic carbocycles. The summed E-state index contributed by atoms with van der Waals surface area (Å²) in [6.07, 6.45) is 2.11. The van der Waals surface area contributed by atoms with Crippen LogP contribution < -0.4 is 10.6 Å². The summed E-state index contributed by atoms with van der Waals surface area (Å²) in [5.41, 5.74) is 0. The smallest absolute Gasteiger partial charge is 0.233 e. The van der Waals surface area contributed by atoms with Crippen LogP contribution in [0.25, 0.3) is 0 Å². The summed E-state index contributed by atoms with van der Waals surface area (Å²) in [6.45, 7) is 9.57. The lowest BCUT2D eigenvalue weighted by Crippen LogP contribution is -2.37. The van der Waals surface area contributed by atoms with Crippen molar-refractivity contribution in [1.82, 2.24) is 15.5 Å². The van der Waals surface area contributed by atoms with Crippen molar-refractivity contribution in [3.63, 3.8) is 0 Å². The maximum absolute atomic E-state index is 11.5. The Balaban J connectivity index is 2.00. The van der Waals surface area contributed by atoms with E-state index in [9.17, 15) is 4.79 Å². The topological polar surface area (TPSA) is 53.6 Å². The van der Waals surface area contributed by atoms with E-state index >= 15 is 0 Å². The summed E-state index contributed by atoms with van der Waals surface area (Å²) < 4.78 is 4.93. The molecular weight excluding hydrogens is 242 g/mol. The second-order valence-corrected chi connectivity index (χ2v) is 5.57. The number of nitrogens with one attached hydrogen (secondary N) is 2. The van der Waals surface area contributed by atoms with Crippen LogP contribution in [0, 0.1) is 5.92 Å². The fourth-order valence-electron chi connectivity index (χ4n) is 2.39. The largest absolute Gasteiger partial charge is 0.385 e. The molecule has 0 saturated carbocycles. The molecule has 5 heteroatoms. The highest BCUT2D eigenvalue weighted by molar-refractivity contribution is 5.77. The van der Waals surface area contributed by atoms with Gasteiger partial charge in [-0.25, -0.2) is 0 Å². The first kappa shape index (κ1) is 16.4. The summed E-state index contributed by atoms with van der Waals surface area (Å²) in [5.74, 6) is 0.763. The zero-order chi connectivity index (χ0) is 14.1. The van der Waals surface area contributed by atoms with Crippen LogP contribution in [-0.4, -0.2) is 63.3 Å². The number of hydrogen-bond donors (Lipinski definition) is 2. The molecule has 1 rings (SSSR count). The van der Waals surface area contributed by atoms with E-state index in [0.717, 1.165) is 19.5 Å². The lowest BCUT2D eigenvalue weighted by Gasteiger charge is -2.20. The van der Waals surface area contributed by atoms with E-state index in [1.807, 2.05) is 0 Å². The summed E-state index contributed by atoms with van der Waals surface area (Å²) >= 11 is 0. The average Bonchev–Trinajstić information content (AvgIpc) is 2.84. The van der Waals surface area contributed by atoms with Gasteiger partial charge in [-0.15, -0.1) is 0 Å². The van der Waals surface area contributed by atoms with E-state index in [1.54, 1.807) is 7.11 Å². The van der Waals surface area contributed by atoms with Crippen molar-refractivity contribution < 1.29 is 9.53 Å². The Labute approximate surface area is 117 Å². The summed E-state index contributed by atoms with van der Waals surface area (Å²) in [4.78, 5) is 14.0. The predicted molar refractivity (Wildman–Crippen MR) is 77.2 cm³/mol. The Morgan fingerprint density at radius 2 is 2.26 bits per heavy atom. The van der Waals surface area contributed by atoms with Gasteiger partial charge in [-0.1, -0.05) is 0 Å². The van der Waals surface area contributed by atoms with Crippen LogP contribution >= 0.6 is 0 Å². The predicted octanol–water partition coefficient (Wildman–Crippen LogP) is 0.459. The van der Waals surface area contributed by atoms with Gasteiger partial charge in [-0.3, -0.25) is 4.79 Å². The minimum Gasteiger partial charge on any atom is -0.385 e. The number of methoxy groups -OCH3 is 1. The number of ether oxygens (including phenoxy) is 1. The molecule has 0 spiro atoms. The molecule has 19 heavy (non-hydrogen) atoms. The highest BCUT2D eigenvalue weighted by Crippen LogP contribution is 2.17. The Morgan fingerprint density at radius 1 is 1.47 bits per heavy atom. The van der Waals surface area contributed by atoms with Gasteiger partial charge < -0.3 is 20.3 Å². The van der Waals surface area contributed by atoms with Crippen LogP contribution in [0.4, 0.5) is 0 Å². The van der Waals surface area contributed by atoms with Gasteiger partial charge in [0.1, 0.15) is 0 Å². The first-order valence-electron chi connectivity index (χ1n) is 7.34. The molecule has 1 aliphatic heterocycles. The first-order valence-corrected chi connectivity index (χ1v) is 7.34. The first-order chi connectivity index (χ1) is 9.13. The molecule has 2 N–H and O–H groups in total. The van der Waals surface area contributed by atoms with Gasteiger partial charge in [-0.2, -0.15) is 0 Å². The molecule has 1 saturated heterocycles. The number of rotatable bonds is 9. The molecule has 1 atom stereocenters. The van der Waals surface area contributed by atoms with E-state index in [1.165, 1.54) is 13.0 Å². The zero-order valence-corrected chi connectivity index (χ0v) is 12.6. The lowest BCUT2D eigenvalue weighted by atomic mass is 10.1. The van der Waals surface area contributed by atoms with Gasteiger partial charge in [0.25, 0.3) is 0 Å². The van der Waals surface area contributed by atoms with E-state index in [2.05, 4.69) is 29.4 Å². The monoisotopic (exact) mass is 271 g/mol. The summed E-state index contributed by atoms with van der Waals surface area (Å²) in [6, 6.07) is 0.633. The zero-order valence-electron chi connectivity index (χ0n) is 12.6. The van der Waals surface area contributed by atoms with Gasteiger partial charge >= 0.3 is 0 Å². The molecule has 5 nitrogen and oxygen atoms in total. The van der Waals surface area contributed by atoms with Gasteiger partial charge in [0.15, 0.2) is 0 Å². The highest BCUT2D eigenvalue weighted by Gasteiger charge is 2.23. The molecule has 1 fully saturated rings. The Morgan fingerprint density at radius 3 is 2.89 bits per heavy atom. The number of carbonyl (C=O) groups excluding carboxylic acids is 1. The molecule has 1 aliphatic rings. The number of nitrogens with zero attached hydrogens (tertiary/aromatic N) is 1. The molecule has 1 amide bonds. The van der Waals surface area contributed by atoms with E-state index in [0.29, 0.717) is 31.7 Å². The molecule has 0 radical (unpaired) electrons. The Kier molecular flexibility index (Phi) is 8.02. The normalized spacial score (nSPS) is 20.1.